The third kappa shape index (κ3) is 5.71. The summed E-state index contributed by atoms with van der Waals surface area (Å²) < 4.78 is 6.19. The Kier molecular flexibility index (Phi) is 8.20. The van der Waals surface area contributed by atoms with Crippen molar-refractivity contribution in [3.63, 3.8) is 0 Å². The zero-order valence-electron chi connectivity index (χ0n) is 33.1. The summed E-state index contributed by atoms with van der Waals surface area (Å²) in [6, 6.07) is 77.0. The Morgan fingerprint density at radius 2 is 0.898 bits per heavy atom. The predicted octanol–water partition coefficient (Wildman–Crippen LogP) is 16.0. The highest BCUT2D eigenvalue weighted by Crippen LogP contribution is 2.56. The molecule has 2 heteroatoms. The van der Waals surface area contributed by atoms with E-state index in [9.17, 15) is 0 Å². The molecule has 1 aliphatic carbocycles. The maximum atomic E-state index is 6.19. The fourth-order valence-electron chi connectivity index (χ4n) is 9.48. The minimum Gasteiger partial charge on any atom is -0.456 e. The van der Waals surface area contributed by atoms with Crippen molar-refractivity contribution in [2.75, 3.05) is 4.90 Å². The number of rotatable bonds is 7. The lowest BCUT2D eigenvalue weighted by atomic mass is 9.82. The van der Waals surface area contributed by atoms with Gasteiger partial charge in [-0.15, -0.1) is 0 Å². The van der Waals surface area contributed by atoms with Gasteiger partial charge in [0, 0.05) is 33.0 Å². The van der Waals surface area contributed by atoms with E-state index in [0.29, 0.717) is 0 Å². The zero-order chi connectivity index (χ0) is 39.5. The molecule has 11 rings (SSSR count). The average Bonchev–Trinajstić information content (AvgIpc) is 3.79. The number of hydrogen-bond acceptors (Lipinski definition) is 2. The molecule has 0 spiro atoms. The van der Waals surface area contributed by atoms with E-state index in [0.717, 1.165) is 50.1 Å². The summed E-state index contributed by atoms with van der Waals surface area (Å²) in [7, 11) is 0. The Hall–Kier alpha value is -7.42. The third-order valence-corrected chi connectivity index (χ3v) is 12.3. The first-order valence-electron chi connectivity index (χ1n) is 20.4. The molecule has 1 aromatic heterocycles. The summed E-state index contributed by atoms with van der Waals surface area (Å²) in [5.74, 6) is 0. The molecule has 0 saturated heterocycles. The molecule has 1 aliphatic rings. The van der Waals surface area contributed by atoms with E-state index in [2.05, 4.69) is 219 Å². The van der Waals surface area contributed by atoms with E-state index in [1.54, 1.807) is 0 Å². The molecule has 0 atom stereocenters. The second-order valence-corrected chi connectivity index (χ2v) is 16.0. The van der Waals surface area contributed by atoms with Crippen molar-refractivity contribution in [2.45, 2.75) is 19.3 Å². The number of hydrogen-bond donors (Lipinski definition) is 0. The van der Waals surface area contributed by atoms with Crippen molar-refractivity contribution in [3.05, 3.63) is 223 Å². The fourth-order valence-corrected chi connectivity index (χ4v) is 9.48. The molecule has 0 amide bonds. The highest BCUT2D eigenvalue weighted by Gasteiger charge is 2.38. The molecular weight excluding hydrogens is 715 g/mol. The molecule has 0 unspecified atom stereocenters. The van der Waals surface area contributed by atoms with Gasteiger partial charge in [0.15, 0.2) is 0 Å². The van der Waals surface area contributed by atoms with Crippen molar-refractivity contribution >= 4 is 39.0 Å². The van der Waals surface area contributed by atoms with Crippen LogP contribution in [-0.4, -0.2) is 0 Å². The molecule has 2 nitrogen and oxygen atoms in total. The smallest absolute Gasteiger partial charge is 0.135 e. The monoisotopic (exact) mass is 755 g/mol. The Labute approximate surface area is 345 Å². The van der Waals surface area contributed by atoms with Gasteiger partial charge in [0.25, 0.3) is 0 Å². The van der Waals surface area contributed by atoms with E-state index in [4.69, 9.17) is 4.42 Å². The van der Waals surface area contributed by atoms with Crippen LogP contribution in [0.3, 0.4) is 0 Å². The minimum absolute atomic E-state index is 0.151. The molecule has 280 valence electrons. The third-order valence-electron chi connectivity index (χ3n) is 12.3. The predicted molar refractivity (Wildman–Crippen MR) is 248 cm³/mol. The average molecular weight is 756 g/mol. The molecule has 0 radical (unpaired) electrons. The van der Waals surface area contributed by atoms with Crippen LogP contribution in [0.25, 0.3) is 77.6 Å². The molecular formula is C57H41NO. The SMILES string of the molecule is CC1(C)c2ccccc2-c2c(N(c3ccc(-c4ccc5oc6ccccc6c5c4)cc3)c3cccc(-c4ccccc4)c3-c3ccccc3-c3ccccc3)cccc21. The molecule has 0 N–H and O–H groups in total. The first-order valence-corrected chi connectivity index (χ1v) is 20.4. The van der Waals surface area contributed by atoms with Crippen molar-refractivity contribution in [3.8, 4) is 55.6 Å². The standard InChI is InChI=1S/C57H41NO/c1-57(2)49-26-13-11-24-47(49)56-50(57)27-16-29-52(56)58(42-34-31-38(32-35-42)41-33-36-54-48(37-41)45-22-12-14-30-53(45)59-54)51-28-15-25-44(40-19-7-4-8-20-40)55(51)46-23-10-9-21-43(46)39-17-5-3-6-18-39/h3-37H,1-2H3. The van der Waals surface area contributed by atoms with Crippen LogP contribution >= 0.6 is 0 Å². The van der Waals surface area contributed by atoms with Gasteiger partial charge in [-0.1, -0.05) is 184 Å². The Morgan fingerprint density at radius 3 is 1.66 bits per heavy atom. The van der Waals surface area contributed by atoms with Gasteiger partial charge in [-0.05, 0) is 98.1 Å². The van der Waals surface area contributed by atoms with Crippen LogP contribution < -0.4 is 4.90 Å². The van der Waals surface area contributed by atoms with E-state index in [-0.39, 0.29) is 5.41 Å². The molecule has 59 heavy (non-hydrogen) atoms. The number of fused-ring (bicyclic) bond motifs is 6. The number of para-hydroxylation sites is 1. The summed E-state index contributed by atoms with van der Waals surface area (Å²) in [5.41, 5.74) is 19.7. The summed E-state index contributed by atoms with van der Waals surface area (Å²) in [6.07, 6.45) is 0. The van der Waals surface area contributed by atoms with Gasteiger partial charge in [0.1, 0.15) is 11.2 Å². The number of anilines is 3. The molecule has 0 bridgehead atoms. The molecule has 10 aromatic rings. The number of furan rings is 1. The Balaban J connectivity index is 1.17. The van der Waals surface area contributed by atoms with E-state index in [1.165, 1.54) is 55.6 Å². The van der Waals surface area contributed by atoms with E-state index >= 15 is 0 Å². The highest BCUT2D eigenvalue weighted by molar-refractivity contribution is 6.07. The van der Waals surface area contributed by atoms with Gasteiger partial charge in [0.2, 0.25) is 0 Å². The summed E-state index contributed by atoms with van der Waals surface area (Å²) >= 11 is 0. The summed E-state index contributed by atoms with van der Waals surface area (Å²) in [6.45, 7) is 4.72. The van der Waals surface area contributed by atoms with Crippen LogP contribution in [0.4, 0.5) is 17.1 Å². The van der Waals surface area contributed by atoms with Gasteiger partial charge >= 0.3 is 0 Å². The minimum atomic E-state index is -0.151. The van der Waals surface area contributed by atoms with E-state index < -0.39 is 0 Å². The highest BCUT2D eigenvalue weighted by atomic mass is 16.3. The Morgan fingerprint density at radius 1 is 0.356 bits per heavy atom. The first kappa shape index (κ1) is 34.8. The Bertz CT molecular complexity index is 3170. The second-order valence-electron chi connectivity index (χ2n) is 16.0. The lowest BCUT2D eigenvalue weighted by Gasteiger charge is -2.32. The second kappa shape index (κ2) is 13.9. The largest absolute Gasteiger partial charge is 0.456 e. The maximum absolute atomic E-state index is 6.19. The van der Waals surface area contributed by atoms with Gasteiger partial charge in [-0.25, -0.2) is 0 Å². The van der Waals surface area contributed by atoms with Gasteiger partial charge in [-0.2, -0.15) is 0 Å². The lowest BCUT2D eigenvalue weighted by molar-refractivity contribution is 0.660. The van der Waals surface area contributed by atoms with Crippen molar-refractivity contribution < 1.29 is 4.42 Å². The van der Waals surface area contributed by atoms with Crippen LogP contribution in [0.15, 0.2) is 217 Å². The normalized spacial score (nSPS) is 12.7. The molecule has 1 heterocycles. The van der Waals surface area contributed by atoms with Crippen molar-refractivity contribution in [2.24, 2.45) is 0 Å². The van der Waals surface area contributed by atoms with Gasteiger partial charge in [-0.3, -0.25) is 0 Å². The van der Waals surface area contributed by atoms with Gasteiger partial charge < -0.3 is 9.32 Å². The van der Waals surface area contributed by atoms with Crippen molar-refractivity contribution in [1.82, 2.24) is 0 Å². The summed E-state index contributed by atoms with van der Waals surface area (Å²) in [4.78, 5) is 2.51. The molecule has 9 aromatic carbocycles. The lowest BCUT2D eigenvalue weighted by Crippen LogP contribution is -2.16. The zero-order valence-corrected chi connectivity index (χ0v) is 33.1. The van der Waals surface area contributed by atoms with Crippen LogP contribution in [0.5, 0.6) is 0 Å². The van der Waals surface area contributed by atoms with Gasteiger partial charge in [0.05, 0.1) is 11.4 Å². The molecule has 0 aliphatic heterocycles. The molecule has 0 fully saturated rings. The summed E-state index contributed by atoms with van der Waals surface area (Å²) in [5, 5.41) is 2.26. The van der Waals surface area contributed by atoms with Crippen LogP contribution in [0.2, 0.25) is 0 Å². The van der Waals surface area contributed by atoms with E-state index in [1.807, 2.05) is 12.1 Å². The van der Waals surface area contributed by atoms with Crippen LogP contribution in [0.1, 0.15) is 25.0 Å². The number of benzene rings is 9. The maximum Gasteiger partial charge on any atom is 0.135 e. The topological polar surface area (TPSA) is 16.4 Å². The number of nitrogens with zero attached hydrogens (tertiary/aromatic N) is 1. The van der Waals surface area contributed by atoms with Crippen molar-refractivity contribution in [1.29, 1.82) is 0 Å². The fraction of sp³-hybridized carbons (Fsp3) is 0.0526. The van der Waals surface area contributed by atoms with Crippen LogP contribution in [-0.2, 0) is 5.41 Å². The molecule has 0 saturated carbocycles. The first-order chi connectivity index (χ1) is 29.0. The van der Waals surface area contributed by atoms with Crippen LogP contribution in [0, 0.1) is 0 Å². The quantitative estimate of drug-likeness (QED) is 0.161.